The van der Waals surface area contributed by atoms with Gasteiger partial charge in [0.2, 0.25) is 0 Å². The molecule has 0 bridgehead atoms. The lowest BCUT2D eigenvalue weighted by Crippen LogP contribution is -3.00. The summed E-state index contributed by atoms with van der Waals surface area (Å²) >= 11 is 0. The molecule has 1 aromatic carbocycles. The van der Waals surface area contributed by atoms with Gasteiger partial charge < -0.3 is 22.0 Å². The lowest BCUT2D eigenvalue weighted by atomic mass is 10.1. The number of unbranched alkanes of at least 4 members (excludes halogenated alkanes) is 9. The summed E-state index contributed by atoms with van der Waals surface area (Å²) in [5, 5.41) is 9.43. The van der Waals surface area contributed by atoms with Crippen molar-refractivity contribution in [2.75, 3.05) is 26.7 Å². The molecular weight excluding hydrogens is 330 g/mol. The van der Waals surface area contributed by atoms with Crippen LogP contribution in [0, 0.1) is 0 Å². The van der Waals surface area contributed by atoms with E-state index < -0.39 is 0 Å². The van der Waals surface area contributed by atoms with Gasteiger partial charge in [0, 0.05) is 5.56 Å². The molecule has 3 heteroatoms. The van der Waals surface area contributed by atoms with E-state index in [2.05, 4.69) is 44.3 Å². The van der Waals surface area contributed by atoms with Crippen LogP contribution >= 0.6 is 0 Å². The Morgan fingerprint density at radius 1 is 0.760 bits per heavy atom. The zero-order valence-corrected chi connectivity index (χ0v) is 17.3. The van der Waals surface area contributed by atoms with Crippen molar-refractivity contribution in [1.82, 2.24) is 0 Å². The Morgan fingerprint density at radius 2 is 1.28 bits per heavy atom. The SMILES string of the molecule is CCCCCCCCCCCC[N+](C)(CCO)Cc1ccccc1.[Cl-]. The van der Waals surface area contributed by atoms with E-state index in [1.807, 2.05) is 0 Å². The highest BCUT2D eigenvalue weighted by Gasteiger charge is 2.20. The van der Waals surface area contributed by atoms with Crippen LogP contribution in [0.2, 0.25) is 0 Å². The smallest absolute Gasteiger partial charge is 0.104 e. The molecule has 25 heavy (non-hydrogen) atoms. The van der Waals surface area contributed by atoms with Crippen molar-refractivity contribution in [3.05, 3.63) is 35.9 Å². The van der Waals surface area contributed by atoms with Crippen molar-refractivity contribution >= 4 is 0 Å². The third kappa shape index (κ3) is 12.4. The first-order chi connectivity index (χ1) is 11.7. The minimum Gasteiger partial charge on any atom is -1.00 e. The lowest BCUT2D eigenvalue weighted by Gasteiger charge is -2.34. The van der Waals surface area contributed by atoms with Gasteiger partial charge in [0.25, 0.3) is 0 Å². The molecule has 2 nitrogen and oxygen atoms in total. The summed E-state index contributed by atoms with van der Waals surface area (Å²) < 4.78 is 0.956. The summed E-state index contributed by atoms with van der Waals surface area (Å²) in [7, 11) is 2.29. The van der Waals surface area contributed by atoms with Crippen molar-refractivity contribution in [2.45, 2.75) is 77.7 Å². The van der Waals surface area contributed by atoms with Gasteiger partial charge in [0.15, 0.2) is 0 Å². The second-order valence-electron chi connectivity index (χ2n) is 7.62. The number of hydrogen-bond donors (Lipinski definition) is 1. The van der Waals surface area contributed by atoms with Gasteiger partial charge in [-0.3, -0.25) is 0 Å². The quantitative estimate of drug-likeness (QED) is 0.372. The van der Waals surface area contributed by atoms with Crippen molar-refractivity contribution < 1.29 is 22.0 Å². The number of halogens is 1. The number of hydrogen-bond acceptors (Lipinski definition) is 1. The number of nitrogens with zero attached hydrogens (tertiary/aromatic N) is 1. The average Bonchev–Trinajstić information content (AvgIpc) is 2.57. The number of quaternary nitrogens is 1. The normalized spacial score (nSPS) is 13.2. The van der Waals surface area contributed by atoms with Crippen LogP contribution in [0.5, 0.6) is 0 Å². The zero-order chi connectivity index (χ0) is 17.5. The van der Waals surface area contributed by atoms with Crippen LogP contribution in [-0.2, 0) is 6.54 Å². The molecular formula is C22H40ClNO. The fourth-order valence-corrected chi connectivity index (χ4v) is 3.52. The highest BCUT2D eigenvalue weighted by Crippen LogP contribution is 2.15. The van der Waals surface area contributed by atoms with Crippen LogP contribution in [0.15, 0.2) is 30.3 Å². The molecule has 0 radical (unpaired) electrons. The molecule has 0 aliphatic carbocycles. The molecule has 0 aromatic heterocycles. The molecule has 0 saturated heterocycles. The maximum absolute atomic E-state index is 9.43. The van der Waals surface area contributed by atoms with Crippen LogP contribution in [0.25, 0.3) is 0 Å². The van der Waals surface area contributed by atoms with E-state index >= 15 is 0 Å². The van der Waals surface area contributed by atoms with E-state index in [1.54, 1.807) is 0 Å². The van der Waals surface area contributed by atoms with Crippen molar-refractivity contribution in [3.8, 4) is 0 Å². The Kier molecular flexibility index (Phi) is 15.3. The van der Waals surface area contributed by atoms with Crippen LogP contribution in [0.3, 0.4) is 0 Å². The molecule has 0 fully saturated rings. The maximum atomic E-state index is 9.43. The van der Waals surface area contributed by atoms with Gasteiger partial charge >= 0.3 is 0 Å². The largest absolute Gasteiger partial charge is 1.00 e. The lowest BCUT2D eigenvalue weighted by molar-refractivity contribution is -0.923. The molecule has 0 spiro atoms. The van der Waals surface area contributed by atoms with Crippen LogP contribution in [0.4, 0.5) is 0 Å². The first kappa shape index (κ1) is 24.4. The number of benzene rings is 1. The van der Waals surface area contributed by atoms with Crippen LogP contribution in [-0.4, -0.2) is 36.3 Å². The fourth-order valence-electron chi connectivity index (χ4n) is 3.52. The number of rotatable bonds is 15. The summed E-state index contributed by atoms with van der Waals surface area (Å²) in [5.41, 5.74) is 1.38. The minimum absolute atomic E-state index is 0. The second-order valence-corrected chi connectivity index (χ2v) is 7.62. The molecule has 146 valence electrons. The summed E-state index contributed by atoms with van der Waals surface area (Å²) in [4.78, 5) is 0. The van der Waals surface area contributed by atoms with Crippen LogP contribution < -0.4 is 12.4 Å². The number of likely N-dealkylation sites (N-methyl/N-ethyl adjacent to an activating group) is 1. The van der Waals surface area contributed by atoms with Crippen molar-refractivity contribution in [3.63, 3.8) is 0 Å². The molecule has 1 aromatic rings. The molecule has 0 aliphatic rings. The molecule has 0 amide bonds. The fraction of sp³-hybridized carbons (Fsp3) is 0.727. The Hall–Kier alpha value is -0.570. The van der Waals surface area contributed by atoms with Gasteiger partial charge in [-0.2, -0.15) is 0 Å². The molecule has 0 aliphatic heterocycles. The Balaban J connectivity index is 0.00000576. The molecule has 0 heterocycles. The van der Waals surface area contributed by atoms with Crippen molar-refractivity contribution in [1.29, 1.82) is 0 Å². The predicted octanol–water partition coefficient (Wildman–Crippen LogP) is 2.55. The van der Waals surface area contributed by atoms with E-state index in [1.165, 1.54) is 76.3 Å². The molecule has 1 unspecified atom stereocenters. The third-order valence-corrected chi connectivity index (χ3v) is 5.10. The van der Waals surface area contributed by atoms with E-state index in [0.717, 1.165) is 17.6 Å². The van der Waals surface area contributed by atoms with Gasteiger partial charge in [-0.05, 0) is 12.8 Å². The first-order valence-electron chi connectivity index (χ1n) is 10.2. The summed E-state index contributed by atoms with van der Waals surface area (Å²) in [5.74, 6) is 0. The average molecular weight is 370 g/mol. The molecule has 0 saturated carbocycles. The molecule has 1 atom stereocenters. The summed E-state index contributed by atoms with van der Waals surface area (Å²) in [6.07, 6.45) is 13.8. The van der Waals surface area contributed by atoms with Gasteiger partial charge in [-0.15, -0.1) is 0 Å². The maximum Gasteiger partial charge on any atom is 0.104 e. The number of aliphatic hydroxyl groups is 1. The Morgan fingerprint density at radius 3 is 1.80 bits per heavy atom. The summed E-state index contributed by atoms with van der Waals surface area (Å²) in [6, 6.07) is 10.7. The second kappa shape index (κ2) is 15.7. The third-order valence-electron chi connectivity index (χ3n) is 5.10. The van der Waals surface area contributed by atoms with Gasteiger partial charge in [-0.1, -0.05) is 88.6 Å². The van der Waals surface area contributed by atoms with Crippen LogP contribution in [0.1, 0.15) is 76.7 Å². The topological polar surface area (TPSA) is 20.2 Å². The van der Waals surface area contributed by atoms with E-state index in [4.69, 9.17) is 0 Å². The Bertz CT molecular complexity index is 398. The van der Waals surface area contributed by atoms with E-state index in [-0.39, 0.29) is 19.0 Å². The monoisotopic (exact) mass is 369 g/mol. The minimum atomic E-state index is 0. The predicted molar refractivity (Wildman–Crippen MR) is 105 cm³/mol. The summed E-state index contributed by atoms with van der Waals surface area (Å²) in [6.45, 7) is 5.61. The van der Waals surface area contributed by atoms with Gasteiger partial charge in [-0.25, -0.2) is 0 Å². The first-order valence-corrected chi connectivity index (χ1v) is 10.2. The highest BCUT2D eigenvalue weighted by molar-refractivity contribution is 5.13. The highest BCUT2D eigenvalue weighted by atomic mass is 35.5. The van der Waals surface area contributed by atoms with Crippen molar-refractivity contribution in [2.24, 2.45) is 0 Å². The van der Waals surface area contributed by atoms with Gasteiger partial charge in [0.1, 0.15) is 13.1 Å². The standard InChI is InChI=1S/C22H40NO.ClH/c1-3-4-5-6-7-8-9-10-11-15-18-23(2,19-20-24)21-22-16-13-12-14-17-22;/h12-14,16-17,24H,3-11,15,18-21H2,1-2H3;1H/q+1;/p-1. The van der Waals surface area contributed by atoms with E-state index in [0.29, 0.717) is 0 Å². The zero-order valence-electron chi connectivity index (χ0n) is 16.6. The molecule has 1 N–H and O–H groups in total. The van der Waals surface area contributed by atoms with E-state index in [9.17, 15) is 5.11 Å². The molecule has 1 rings (SSSR count). The number of aliphatic hydroxyl groups excluding tert-OH is 1. The Labute approximate surface area is 162 Å². The van der Waals surface area contributed by atoms with Gasteiger partial charge in [0.05, 0.1) is 20.2 Å².